The summed E-state index contributed by atoms with van der Waals surface area (Å²) < 4.78 is 0. The number of benzene rings is 1. The number of aliphatic hydroxyl groups is 1. The molecule has 2 rings (SSSR count). The van der Waals surface area contributed by atoms with Crippen molar-refractivity contribution in [2.75, 3.05) is 0 Å². The van der Waals surface area contributed by atoms with Gasteiger partial charge >= 0.3 is 0 Å². The van der Waals surface area contributed by atoms with E-state index >= 15 is 0 Å². The molecule has 0 unspecified atom stereocenters. The third-order valence-electron chi connectivity index (χ3n) is 3.17. The van der Waals surface area contributed by atoms with E-state index in [4.69, 9.17) is 0 Å². The molecule has 16 heavy (non-hydrogen) atoms. The minimum atomic E-state index is -1.27. The number of hydrogen-bond acceptors (Lipinski definition) is 2. The van der Waals surface area contributed by atoms with Gasteiger partial charge in [-0.1, -0.05) is 12.1 Å². The van der Waals surface area contributed by atoms with Gasteiger partial charge in [-0.05, 0) is 56.7 Å². The molecule has 2 nitrogen and oxygen atoms in total. The summed E-state index contributed by atoms with van der Waals surface area (Å²) in [6, 6.07) is 5.83. The molecule has 1 aromatic carbocycles. The Morgan fingerprint density at radius 3 is 2.44 bits per heavy atom. The van der Waals surface area contributed by atoms with Crippen LogP contribution in [0, 0.1) is 0 Å². The van der Waals surface area contributed by atoms with Crippen LogP contribution in [-0.2, 0) is 12.8 Å². The zero-order chi connectivity index (χ0) is 11.8. The Bertz CT molecular complexity index is 413. The number of aryl methyl sites for hydroxylation is 2. The van der Waals surface area contributed by atoms with Crippen LogP contribution in [0.2, 0.25) is 0 Å². The smallest absolute Gasteiger partial charge is 0.193 e. The van der Waals surface area contributed by atoms with Gasteiger partial charge in [0.05, 0.1) is 0 Å². The number of carbonyl (C=O) groups is 1. The normalized spacial score (nSPS) is 15.7. The predicted molar refractivity (Wildman–Crippen MR) is 63.7 cm³/mol. The summed E-state index contributed by atoms with van der Waals surface area (Å²) in [6.07, 6.45) is 4.62. The van der Waals surface area contributed by atoms with Gasteiger partial charge in [0.2, 0.25) is 0 Å². The fraction of sp³-hybridized carbons (Fsp3) is 0.500. The molecular formula is C14H18O2. The maximum Gasteiger partial charge on any atom is 0.193 e. The number of carbonyl (C=O) groups excluding carboxylic acids is 1. The first kappa shape index (κ1) is 11.3. The van der Waals surface area contributed by atoms with Crippen LogP contribution < -0.4 is 0 Å². The van der Waals surface area contributed by atoms with Crippen LogP contribution in [0.4, 0.5) is 0 Å². The molecule has 0 fully saturated rings. The fourth-order valence-corrected chi connectivity index (χ4v) is 2.23. The number of Topliss-reactive ketones (excluding diaryl/α,β-unsaturated/α-hetero) is 1. The standard InChI is InChI=1S/C14H18O2/c1-14(2,16)13(15)12-8-7-10-5-3-4-6-11(10)9-12/h7-9,16H,3-6H2,1-2H3. The van der Waals surface area contributed by atoms with Crippen LogP contribution in [-0.4, -0.2) is 16.5 Å². The van der Waals surface area contributed by atoms with Crippen molar-refractivity contribution in [1.29, 1.82) is 0 Å². The van der Waals surface area contributed by atoms with Crippen LogP contribution >= 0.6 is 0 Å². The third kappa shape index (κ3) is 2.17. The first-order valence-corrected chi connectivity index (χ1v) is 5.87. The topological polar surface area (TPSA) is 37.3 Å². The molecule has 1 aliphatic carbocycles. The first-order chi connectivity index (χ1) is 7.48. The molecule has 0 amide bonds. The minimum absolute atomic E-state index is 0.194. The van der Waals surface area contributed by atoms with E-state index in [-0.39, 0.29) is 5.78 Å². The van der Waals surface area contributed by atoms with Crippen LogP contribution in [0.25, 0.3) is 0 Å². The van der Waals surface area contributed by atoms with Gasteiger partial charge in [0.25, 0.3) is 0 Å². The van der Waals surface area contributed by atoms with Gasteiger partial charge < -0.3 is 5.11 Å². The maximum atomic E-state index is 11.9. The fourth-order valence-electron chi connectivity index (χ4n) is 2.23. The lowest BCUT2D eigenvalue weighted by Gasteiger charge is -2.19. The molecule has 0 aliphatic heterocycles. The highest BCUT2D eigenvalue weighted by Gasteiger charge is 2.25. The molecule has 0 atom stereocenters. The highest BCUT2D eigenvalue weighted by atomic mass is 16.3. The molecule has 0 aromatic heterocycles. The van der Waals surface area contributed by atoms with Gasteiger partial charge in [-0.25, -0.2) is 0 Å². The highest BCUT2D eigenvalue weighted by Crippen LogP contribution is 2.23. The van der Waals surface area contributed by atoms with Gasteiger partial charge in [0, 0.05) is 5.56 Å². The van der Waals surface area contributed by atoms with E-state index in [9.17, 15) is 9.90 Å². The largest absolute Gasteiger partial charge is 0.382 e. The molecule has 0 bridgehead atoms. The Morgan fingerprint density at radius 1 is 1.19 bits per heavy atom. The minimum Gasteiger partial charge on any atom is -0.382 e. The van der Waals surface area contributed by atoms with Crippen LogP contribution in [0.5, 0.6) is 0 Å². The Balaban J connectivity index is 2.34. The molecule has 0 saturated heterocycles. The zero-order valence-corrected chi connectivity index (χ0v) is 9.92. The molecule has 86 valence electrons. The van der Waals surface area contributed by atoms with Crippen LogP contribution in [0.3, 0.4) is 0 Å². The molecule has 2 heteroatoms. The summed E-state index contributed by atoms with van der Waals surface area (Å²) in [5, 5.41) is 9.69. The number of hydrogen-bond donors (Lipinski definition) is 1. The molecular weight excluding hydrogens is 200 g/mol. The van der Waals surface area contributed by atoms with Crippen LogP contribution in [0.15, 0.2) is 18.2 Å². The zero-order valence-electron chi connectivity index (χ0n) is 9.92. The van der Waals surface area contributed by atoms with E-state index in [1.54, 1.807) is 0 Å². The monoisotopic (exact) mass is 218 g/mol. The maximum absolute atomic E-state index is 11.9. The van der Waals surface area contributed by atoms with E-state index in [0.717, 1.165) is 12.8 Å². The summed E-state index contributed by atoms with van der Waals surface area (Å²) in [5.74, 6) is -0.194. The van der Waals surface area contributed by atoms with Crippen LogP contribution in [0.1, 0.15) is 48.2 Å². The van der Waals surface area contributed by atoms with Gasteiger partial charge in [0.15, 0.2) is 5.78 Å². The third-order valence-corrected chi connectivity index (χ3v) is 3.17. The molecule has 1 N–H and O–H groups in total. The summed E-state index contributed by atoms with van der Waals surface area (Å²) in [7, 11) is 0. The average Bonchev–Trinajstić information content (AvgIpc) is 2.26. The number of rotatable bonds is 2. The van der Waals surface area contributed by atoms with Crippen molar-refractivity contribution in [2.45, 2.75) is 45.1 Å². The van der Waals surface area contributed by atoms with E-state index < -0.39 is 5.60 Å². The molecule has 0 saturated carbocycles. The Kier molecular flexibility index (Phi) is 2.85. The second-order valence-electron chi connectivity index (χ2n) is 5.08. The van der Waals surface area contributed by atoms with Crippen molar-refractivity contribution in [2.24, 2.45) is 0 Å². The summed E-state index contributed by atoms with van der Waals surface area (Å²) in [5.41, 5.74) is 2.00. The number of fused-ring (bicyclic) bond motifs is 1. The van der Waals surface area contributed by atoms with E-state index in [1.165, 1.54) is 37.8 Å². The lowest BCUT2D eigenvalue weighted by molar-refractivity contribution is 0.0488. The quantitative estimate of drug-likeness (QED) is 0.774. The summed E-state index contributed by atoms with van der Waals surface area (Å²) in [4.78, 5) is 11.9. The van der Waals surface area contributed by atoms with Crippen molar-refractivity contribution in [3.63, 3.8) is 0 Å². The second kappa shape index (κ2) is 4.02. The van der Waals surface area contributed by atoms with E-state index in [1.807, 2.05) is 18.2 Å². The molecule has 0 heterocycles. The van der Waals surface area contributed by atoms with Crippen molar-refractivity contribution < 1.29 is 9.90 Å². The summed E-state index contributed by atoms with van der Waals surface area (Å²) in [6.45, 7) is 3.07. The van der Waals surface area contributed by atoms with Crippen molar-refractivity contribution in [3.8, 4) is 0 Å². The Hall–Kier alpha value is -1.15. The van der Waals surface area contributed by atoms with Gasteiger partial charge in [-0.2, -0.15) is 0 Å². The molecule has 1 aliphatic rings. The lowest BCUT2D eigenvalue weighted by atomic mass is 9.87. The predicted octanol–water partition coefficient (Wildman–Crippen LogP) is 2.52. The van der Waals surface area contributed by atoms with E-state index in [2.05, 4.69) is 0 Å². The molecule has 0 radical (unpaired) electrons. The molecule has 1 aromatic rings. The average molecular weight is 218 g/mol. The van der Waals surface area contributed by atoms with Gasteiger partial charge in [-0.3, -0.25) is 4.79 Å². The van der Waals surface area contributed by atoms with Crippen molar-refractivity contribution in [3.05, 3.63) is 34.9 Å². The van der Waals surface area contributed by atoms with Gasteiger partial charge in [0.1, 0.15) is 5.60 Å². The van der Waals surface area contributed by atoms with Crippen molar-refractivity contribution in [1.82, 2.24) is 0 Å². The Morgan fingerprint density at radius 2 is 1.81 bits per heavy atom. The summed E-state index contributed by atoms with van der Waals surface area (Å²) >= 11 is 0. The van der Waals surface area contributed by atoms with E-state index in [0.29, 0.717) is 5.56 Å². The lowest BCUT2D eigenvalue weighted by Crippen LogP contribution is -2.31. The Labute approximate surface area is 96.3 Å². The second-order valence-corrected chi connectivity index (χ2v) is 5.08. The van der Waals surface area contributed by atoms with Gasteiger partial charge in [-0.15, -0.1) is 0 Å². The first-order valence-electron chi connectivity index (χ1n) is 5.87. The highest BCUT2D eigenvalue weighted by molar-refractivity contribution is 6.01. The molecule has 0 spiro atoms. The van der Waals surface area contributed by atoms with Crippen molar-refractivity contribution >= 4 is 5.78 Å². The SMILES string of the molecule is CC(C)(O)C(=O)c1ccc2c(c1)CCCC2. The number of ketones is 1.